The summed E-state index contributed by atoms with van der Waals surface area (Å²) in [4.78, 5) is 27.1. The van der Waals surface area contributed by atoms with Gasteiger partial charge in [0, 0.05) is 17.5 Å². The van der Waals surface area contributed by atoms with Gasteiger partial charge < -0.3 is 19.1 Å². The second kappa shape index (κ2) is 9.45. The fraction of sp³-hybridized carbons (Fsp3) is 0.333. The predicted octanol–water partition coefficient (Wildman–Crippen LogP) is 3.62. The highest BCUT2D eigenvalue weighted by Gasteiger charge is 2.17. The molecule has 0 saturated carbocycles. The van der Waals surface area contributed by atoms with Gasteiger partial charge in [0.05, 0.1) is 30.7 Å². The van der Waals surface area contributed by atoms with Crippen LogP contribution < -0.4 is 9.47 Å². The monoisotopic (exact) mass is 397 g/mol. The number of esters is 1. The van der Waals surface area contributed by atoms with Gasteiger partial charge in [-0.3, -0.25) is 4.79 Å². The number of ether oxygens (including phenoxy) is 3. The molecule has 0 aliphatic rings. The van der Waals surface area contributed by atoms with Crippen molar-refractivity contribution in [3.05, 3.63) is 45.1 Å². The molecule has 0 aliphatic carbocycles. The number of hydrogen-bond acceptors (Lipinski definition) is 6. The lowest BCUT2D eigenvalue weighted by molar-refractivity contribution is -0.134. The zero-order chi connectivity index (χ0) is 19.1. The van der Waals surface area contributed by atoms with Crippen molar-refractivity contribution < 1.29 is 23.8 Å². The Hall–Kier alpha value is -2.25. The third-order valence-corrected chi connectivity index (χ3v) is 4.84. The van der Waals surface area contributed by atoms with E-state index < -0.39 is 5.97 Å². The van der Waals surface area contributed by atoms with E-state index in [1.807, 2.05) is 13.0 Å². The van der Waals surface area contributed by atoms with Crippen molar-refractivity contribution >= 4 is 34.8 Å². The third kappa shape index (κ3) is 5.37. The van der Waals surface area contributed by atoms with Crippen LogP contribution >= 0.6 is 22.9 Å². The van der Waals surface area contributed by atoms with Gasteiger partial charge in [-0.05, 0) is 31.2 Å². The number of carbonyl (C=O) groups excluding carboxylic acids is 2. The van der Waals surface area contributed by atoms with Crippen LogP contribution in [-0.4, -0.2) is 44.1 Å². The second-order valence-electron chi connectivity index (χ2n) is 5.29. The maximum atomic E-state index is 12.3. The molecular weight excluding hydrogens is 378 g/mol. The van der Waals surface area contributed by atoms with E-state index in [0.29, 0.717) is 28.9 Å². The molecule has 1 amide bonds. The van der Waals surface area contributed by atoms with Gasteiger partial charge in [-0.25, -0.2) is 4.79 Å². The molecule has 0 spiro atoms. The summed E-state index contributed by atoms with van der Waals surface area (Å²) >= 11 is 7.33. The first kappa shape index (κ1) is 20.1. The SMILES string of the molecule is CCN(Cc1ccc(Cl)s1)C(=O)COC(=O)c1cc(OC)cc(OC)c1. The normalized spacial score (nSPS) is 10.3. The summed E-state index contributed by atoms with van der Waals surface area (Å²) in [6, 6.07) is 8.36. The van der Waals surface area contributed by atoms with Crippen molar-refractivity contribution in [3.63, 3.8) is 0 Å². The molecule has 0 saturated heterocycles. The summed E-state index contributed by atoms with van der Waals surface area (Å²) in [7, 11) is 2.98. The minimum Gasteiger partial charge on any atom is -0.497 e. The quantitative estimate of drug-likeness (QED) is 0.636. The minimum atomic E-state index is -0.620. The number of hydrogen-bond donors (Lipinski definition) is 0. The summed E-state index contributed by atoms with van der Waals surface area (Å²) in [5, 5.41) is 0. The number of carbonyl (C=O) groups is 2. The van der Waals surface area contributed by atoms with E-state index >= 15 is 0 Å². The summed E-state index contributed by atoms with van der Waals surface area (Å²) < 4.78 is 16.1. The molecule has 1 heterocycles. The number of methoxy groups -OCH3 is 2. The minimum absolute atomic E-state index is 0.252. The Morgan fingerprint density at radius 1 is 1.12 bits per heavy atom. The molecule has 0 unspecified atom stereocenters. The Kier molecular flexibility index (Phi) is 7.29. The molecule has 0 atom stereocenters. The molecule has 1 aromatic carbocycles. The average molecular weight is 398 g/mol. The van der Waals surface area contributed by atoms with E-state index in [2.05, 4.69) is 0 Å². The Bertz CT molecular complexity index is 754. The van der Waals surface area contributed by atoms with Crippen molar-refractivity contribution in [1.29, 1.82) is 0 Å². The maximum absolute atomic E-state index is 12.3. The lowest BCUT2D eigenvalue weighted by Gasteiger charge is -2.20. The zero-order valence-electron chi connectivity index (χ0n) is 14.8. The Morgan fingerprint density at radius 3 is 2.27 bits per heavy atom. The zero-order valence-corrected chi connectivity index (χ0v) is 16.4. The number of thiophene rings is 1. The first-order valence-electron chi connectivity index (χ1n) is 7.89. The van der Waals surface area contributed by atoms with Gasteiger partial charge in [-0.2, -0.15) is 0 Å². The molecule has 140 valence electrons. The smallest absolute Gasteiger partial charge is 0.338 e. The molecule has 0 fully saturated rings. The second-order valence-corrected chi connectivity index (χ2v) is 7.09. The van der Waals surface area contributed by atoms with Crippen LogP contribution in [0, 0.1) is 0 Å². The summed E-state index contributed by atoms with van der Waals surface area (Å²) in [5.41, 5.74) is 0.252. The number of amides is 1. The van der Waals surface area contributed by atoms with E-state index in [-0.39, 0.29) is 18.1 Å². The summed E-state index contributed by atoms with van der Waals surface area (Å²) in [6.45, 7) is 2.45. The molecular formula is C18H20ClNO5S. The molecule has 0 bridgehead atoms. The molecule has 8 heteroatoms. The Labute approximate surface area is 161 Å². The summed E-state index contributed by atoms with van der Waals surface area (Å²) in [5.74, 6) is 0.0331. The van der Waals surface area contributed by atoms with Crippen LogP contribution in [0.1, 0.15) is 22.2 Å². The van der Waals surface area contributed by atoms with Crippen LogP contribution in [0.3, 0.4) is 0 Å². The fourth-order valence-corrected chi connectivity index (χ4v) is 3.33. The van der Waals surface area contributed by atoms with Gasteiger partial charge in [-0.1, -0.05) is 11.6 Å². The van der Waals surface area contributed by atoms with Crippen LogP contribution in [0.5, 0.6) is 11.5 Å². The van der Waals surface area contributed by atoms with Gasteiger partial charge in [-0.15, -0.1) is 11.3 Å². The van der Waals surface area contributed by atoms with Crippen LogP contribution in [0.15, 0.2) is 30.3 Å². The fourth-order valence-electron chi connectivity index (χ4n) is 2.23. The third-order valence-electron chi connectivity index (χ3n) is 3.62. The van der Waals surface area contributed by atoms with Gasteiger partial charge >= 0.3 is 5.97 Å². The van der Waals surface area contributed by atoms with E-state index in [9.17, 15) is 9.59 Å². The molecule has 26 heavy (non-hydrogen) atoms. The molecule has 0 N–H and O–H groups in total. The highest BCUT2D eigenvalue weighted by atomic mass is 35.5. The lowest BCUT2D eigenvalue weighted by Crippen LogP contribution is -2.33. The largest absolute Gasteiger partial charge is 0.497 e. The average Bonchev–Trinajstić information content (AvgIpc) is 3.08. The number of halogens is 1. The van der Waals surface area contributed by atoms with Crippen LogP contribution in [0.25, 0.3) is 0 Å². The number of nitrogens with zero attached hydrogens (tertiary/aromatic N) is 1. The van der Waals surface area contributed by atoms with E-state index in [1.165, 1.54) is 37.7 Å². The van der Waals surface area contributed by atoms with Gasteiger partial charge in [0.1, 0.15) is 11.5 Å². The van der Waals surface area contributed by atoms with Crippen molar-refractivity contribution in [2.24, 2.45) is 0 Å². The number of benzene rings is 1. The van der Waals surface area contributed by atoms with E-state index in [0.717, 1.165) is 4.88 Å². The molecule has 1 aromatic heterocycles. The molecule has 0 aliphatic heterocycles. The lowest BCUT2D eigenvalue weighted by atomic mass is 10.2. The summed E-state index contributed by atoms with van der Waals surface area (Å²) in [6.07, 6.45) is 0. The van der Waals surface area contributed by atoms with Crippen molar-refractivity contribution in [2.45, 2.75) is 13.5 Å². The van der Waals surface area contributed by atoms with Crippen LogP contribution in [0.4, 0.5) is 0 Å². The van der Waals surface area contributed by atoms with Crippen molar-refractivity contribution in [3.8, 4) is 11.5 Å². The van der Waals surface area contributed by atoms with E-state index in [4.69, 9.17) is 25.8 Å². The van der Waals surface area contributed by atoms with Gasteiger partial charge in [0.25, 0.3) is 5.91 Å². The standard InChI is InChI=1S/C18H20ClNO5S/c1-4-20(10-15-5-6-16(19)26-15)17(21)11-25-18(22)12-7-13(23-2)9-14(8-12)24-3/h5-9H,4,10-11H2,1-3H3. The first-order chi connectivity index (χ1) is 12.5. The number of rotatable bonds is 8. The highest BCUT2D eigenvalue weighted by Crippen LogP contribution is 2.24. The predicted molar refractivity (Wildman–Crippen MR) is 100 cm³/mol. The first-order valence-corrected chi connectivity index (χ1v) is 9.08. The van der Waals surface area contributed by atoms with Gasteiger partial charge in [0.2, 0.25) is 0 Å². The van der Waals surface area contributed by atoms with Gasteiger partial charge in [0.15, 0.2) is 6.61 Å². The highest BCUT2D eigenvalue weighted by molar-refractivity contribution is 7.16. The maximum Gasteiger partial charge on any atom is 0.338 e. The topological polar surface area (TPSA) is 65.1 Å². The number of likely N-dealkylation sites (N-methyl/N-ethyl adjacent to an activating group) is 1. The molecule has 0 radical (unpaired) electrons. The Balaban J connectivity index is 1.97. The van der Waals surface area contributed by atoms with Crippen LogP contribution in [-0.2, 0) is 16.1 Å². The van der Waals surface area contributed by atoms with Crippen molar-refractivity contribution in [2.75, 3.05) is 27.4 Å². The van der Waals surface area contributed by atoms with Crippen LogP contribution in [0.2, 0.25) is 4.34 Å². The molecule has 2 rings (SSSR count). The molecule has 2 aromatic rings. The molecule has 6 nitrogen and oxygen atoms in total. The Morgan fingerprint density at radius 2 is 1.77 bits per heavy atom. The van der Waals surface area contributed by atoms with Crippen molar-refractivity contribution in [1.82, 2.24) is 4.90 Å². The van der Waals surface area contributed by atoms with E-state index in [1.54, 1.807) is 17.0 Å².